The van der Waals surface area contributed by atoms with Crippen LogP contribution in [0, 0.1) is 0 Å². The first-order valence-electron chi connectivity index (χ1n) is 16.6. The van der Waals surface area contributed by atoms with E-state index in [1.807, 2.05) is 11.8 Å². The second kappa shape index (κ2) is 12.1. The maximum atomic E-state index is 3.83. The van der Waals surface area contributed by atoms with E-state index < -0.39 is 0 Å². The molecule has 0 aromatic heterocycles. The monoisotopic (exact) mass is 637 g/mol. The highest BCUT2D eigenvalue weighted by Crippen LogP contribution is 2.54. The first-order valence-corrected chi connectivity index (χ1v) is 17.5. The SMILES string of the molecule is CN1c2c(ccc3ccc4cc(-c5ccc(C6NC(c7ccccc7)=CC(c7ccccc7)N6)cc5)ccc4c23)SC1c1ccccc1. The average molecular weight is 638 g/mol. The molecule has 7 aromatic carbocycles. The van der Waals surface area contributed by atoms with Crippen molar-refractivity contribution in [2.45, 2.75) is 22.5 Å². The average Bonchev–Trinajstić information content (AvgIpc) is 3.51. The quantitative estimate of drug-likeness (QED) is 0.184. The Hall–Kier alpha value is -5.29. The van der Waals surface area contributed by atoms with Crippen molar-refractivity contribution in [3.63, 3.8) is 0 Å². The Morgan fingerprint density at radius 1 is 0.562 bits per heavy atom. The van der Waals surface area contributed by atoms with Crippen molar-refractivity contribution in [3.05, 3.63) is 186 Å². The van der Waals surface area contributed by atoms with Crippen molar-refractivity contribution in [2.75, 3.05) is 11.9 Å². The molecule has 2 heterocycles. The second-order valence-corrected chi connectivity index (χ2v) is 13.8. The highest BCUT2D eigenvalue weighted by Gasteiger charge is 2.31. The van der Waals surface area contributed by atoms with E-state index in [4.69, 9.17) is 0 Å². The van der Waals surface area contributed by atoms with E-state index in [0.29, 0.717) is 0 Å². The largest absolute Gasteiger partial charge is 0.366 e. The van der Waals surface area contributed by atoms with Crippen LogP contribution in [-0.2, 0) is 0 Å². The van der Waals surface area contributed by atoms with Crippen molar-refractivity contribution < 1.29 is 0 Å². The third kappa shape index (κ3) is 5.14. The number of anilines is 1. The van der Waals surface area contributed by atoms with Gasteiger partial charge in [0.2, 0.25) is 0 Å². The van der Waals surface area contributed by atoms with Gasteiger partial charge >= 0.3 is 0 Å². The molecule has 48 heavy (non-hydrogen) atoms. The van der Waals surface area contributed by atoms with Gasteiger partial charge in [0, 0.05) is 23.0 Å². The van der Waals surface area contributed by atoms with Crippen LogP contribution in [0.4, 0.5) is 5.69 Å². The van der Waals surface area contributed by atoms with Crippen LogP contribution in [0.3, 0.4) is 0 Å². The lowest BCUT2D eigenvalue weighted by Crippen LogP contribution is -2.39. The van der Waals surface area contributed by atoms with E-state index in [-0.39, 0.29) is 17.6 Å². The van der Waals surface area contributed by atoms with E-state index in [0.717, 1.165) is 5.70 Å². The summed E-state index contributed by atoms with van der Waals surface area (Å²) in [6.07, 6.45) is 2.27. The fraction of sp³-hybridized carbons (Fsp3) is 0.0909. The molecule has 3 atom stereocenters. The Bertz CT molecular complexity index is 2280. The molecule has 2 aliphatic heterocycles. The Morgan fingerprint density at radius 3 is 1.96 bits per heavy atom. The van der Waals surface area contributed by atoms with Crippen LogP contribution < -0.4 is 15.5 Å². The van der Waals surface area contributed by atoms with E-state index in [1.54, 1.807) is 0 Å². The van der Waals surface area contributed by atoms with Crippen molar-refractivity contribution in [2.24, 2.45) is 0 Å². The first kappa shape index (κ1) is 28.9. The number of nitrogens with zero attached hydrogens (tertiary/aromatic N) is 1. The predicted octanol–water partition coefficient (Wildman–Crippen LogP) is 10.9. The van der Waals surface area contributed by atoms with Gasteiger partial charge < -0.3 is 10.2 Å². The van der Waals surface area contributed by atoms with Crippen LogP contribution in [0.15, 0.2) is 169 Å². The third-order valence-corrected chi connectivity index (χ3v) is 11.2. The van der Waals surface area contributed by atoms with E-state index >= 15 is 0 Å². The Morgan fingerprint density at radius 2 is 1.21 bits per heavy atom. The molecular weight excluding hydrogens is 603 g/mol. The van der Waals surface area contributed by atoms with Crippen LogP contribution in [-0.4, -0.2) is 7.05 Å². The van der Waals surface area contributed by atoms with Crippen molar-refractivity contribution in [3.8, 4) is 11.1 Å². The lowest BCUT2D eigenvalue weighted by atomic mass is 9.95. The van der Waals surface area contributed by atoms with Gasteiger partial charge in [0.15, 0.2) is 0 Å². The van der Waals surface area contributed by atoms with Crippen LogP contribution >= 0.6 is 11.8 Å². The van der Waals surface area contributed by atoms with Crippen molar-refractivity contribution in [1.29, 1.82) is 0 Å². The van der Waals surface area contributed by atoms with Gasteiger partial charge in [-0.1, -0.05) is 157 Å². The zero-order valence-electron chi connectivity index (χ0n) is 26.7. The van der Waals surface area contributed by atoms with E-state index in [2.05, 4.69) is 186 Å². The lowest BCUT2D eigenvalue weighted by molar-refractivity contribution is 0.443. The zero-order chi connectivity index (χ0) is 32.0. The molecule has 0 aliphatic carbocycles. The molecule has 0 saturated heterocycles. The van der Waals surface area contributed by atoms with E-state index in [9.17, 15) is 0 Å². The number of nitrogens with one attached hydrogen (secondary N) is 2. The summed E-state index contributed by atoms with van der Waals surface area (Å²) in [5.74, 6) is 0. The van der Waals surface area contributed by atoms with Crippen LogP contribution in [0.25, 0.3) is 38.4 Å². The summed E-state index contributed by atoms with van der Waals surface area (Å²) in [5.41, 5.74) is 9.90. The summed E-state index contributed by atoms with van der Waals surface area (Å²) in [4.78, 5) is 3.80. The minimum Gasteiger partial charge on any atom is -0.366 e. The highest BCUT2D eigenvalue weighted by molar-refractivity contribution is 8.00. The molecule has 9 rings (SSSR count). The standard InChI is InChI=1S/C44H35N3S/c1-47-42-40(48-44(47)34-15-9-4-10-16-34)26-24-32-19-22-36-27-35(23-25-37(36)41(32)42)29-17-20-33(21-18-29)43-45-38(30-11-5-2-6-12-30)28-39(46-43)31-13-7-3-8-14-31/h2-28,38,43-46H,1H3. The molecule has 232 valence electrons. The summed E-state index contributed by atoms with van der Waals surface area (Å²) >= 11 is 1.94. The van der Waals surface area contributed by atoms with Crippen LogP contribution in [0.5, 0.6) is 0 Å². The first-order chi connectivity index (χ1) is 23.7. The molecule has 0 amide bonds. The third-order valence-electron chi connectivity index (χ3n) is 9.76. The summed E-state index contributed by atoms with van der Waals surface area (Å²) < 4.78 is 0. The van der Waals surface area contributed by atoms with Gasteiger partial charge in [-0.3, -0.25) is 5.32 Å². The molecule has 0 saturated carbocycles. The van der Waals surface area contributed by atoms with Crippen molar-refractivity contribution in [1.82, 2.24) is 10.6 Å². The van der Waals surface area contributed by atoms with Gasteiger partial charge in [-0.25, -0.2) is 0 Å². The maximum absolute atomic E-state index is 3.83. The molecule has 0 bridgehead atoms. The number of thioether (sulfide) groups is 1. The molecule has 0 spiro atoms. The molecule has 0 fully saturated rings. The lowest BCUT2D eigenvalue weighted by Gasteiger charge is -2.33. The molecule has 0 radical (unpaired) electrons. The Balaban J connectivity index is 1.03. The van der Waals surface area contributed by atoms with Gasteiger partial charge in [0.25, 0.3) is 0 Å². The summed E-state index contributed by atoms with van der Waals surface area (Å²) in [5, 5.41) is 13.1. The number of rotatable bonds is 5. The smallest absolute Gasteiger partial charge is 0.105 e. The van der Waals surface area contributed by atoms with Crippen LogP contribution in [0.1, 0.15) is 39.8 Å². The molecule has 4 heteroatoms. The van der Waals surface area contributed by atoms with Gasteiger partial charge in [-0.15, -0.1) is 0 Å². The number of fused-ring (bicyclic) bond motifs is 5. The number of hydrogen-bond donors (Lipinski definition) is 2. The van der Waals surface area contributed by atoms with Crippen molar-refractivity contribution >= 4 is 44.7 Å². The number of hydrogen-bond acceptors (Lipinski definition) is 4. The maximum Gasteiger partial charge on any atom is 0.105 e. The Kier molecular flexibility index (Phi) is 7.26. The zero-order valence-corrected chi connectivity index (χ0v) is 27.5. The highest BCUT2D eigenvalue weighted by atomic mass is 32.2. The summed E-state index contributed by atoms with van der Waals surface area (Å²) in [7, 11) is 2.24. The Labute approximate surface area is 285 Å². The molecule has 2 N–H and O–H groups in total. The minimum atomic E-state index is -0.0240. The van der Waals surface area contributed by atoms with Gasteiger partial charge in [0.1, 0.15) is 11.5 Å². The van der Waals surface area contributed by atoms with Crippen LogP contribution in [0.2, 0.25) is 0 Å². The van der Waals surface area contributed by atoms with E-state index in [1.165, 1.54) is 65.5 Å². The summed E-state index contributed by atoms with van der Waals surface area (Å²) in [6, 6.07) is 57.3. The molecular formula is C44H35N3S. The minimum absolute atomic E-state index is 0.0240. The fourth-order valence-electron chi connectivity index (χ4n) is 7.31. The predicted molar refractivity (Wildman–Crippen MR) is 203 cm³/mol. The number of benzene rings is 7. The normalized spacial score (nSPS) is 18.8. The molecule has 2 aliphatic rings. The van der Waals surface area contributed by atoms with Gasteiger partial charge in [-0.2, -0.15) is 0 Å². The summed E-state index contributed by atoms with van der Waals surface area (Å²) in [6.45, 7) is 0. The molecule has 7 aromatic rings. The van der Waals surface area contributed by atoms with Gasteiger partial charge in [-0.05, 0) is 67.7 Å². The van der Waals surface area contributed by atoms with Gasteiger partial charge in [0.05, 0.1) is 11.7 Å². The molecule has 3 unspecified atom stereocenters. The second-order valence-electron chi connectivity index (χ2n) is 12.7. The topological polar surface area (TPSA) is 27.3 Å². The molecule has 3 nitrogen and oxygen atoms in total. The fourth-order valence-corrected chi connectivity index (χ4v) is 8.61.